The van der Waals surface area contributed by atoms with Crippen molar-refractivity contribution in [3.63, 3.8) is 0 Å². The minimum Gasteiger partial charge on any atom is -0.443 e. The van der Waals surface area contributed by atoms with Gasteiger partial charge in [0.1, 0.15) is 12.2 Å². The molecule has 4 heterocycles. The zero-order valence-corrected chi connectivity index (χ0v) is 20.7. The number of nitrogens with zero attached hydrogens (tertiary/aromatic N) is 1. The molecule has 0 fully saturated rings. The SMILES string of the molecule is CC(C)(C)OC(=O)n1cccc1-c1ccc2c(c1)C(c1cccs1)(c1cccs1)OCC(=O)N2. The Morgan fingerprint density at radius 1 is 1.06 bits per heavy atom. The van der Waals surface area contributed by atoms with E-state index in [1.165, 1.54) is 4.57 Å². The van der Waals surface area contributed by atoms with Crippen molar-refractivity contribution in [1.82, 2.24) is 4.57 Å². The van der Waals surface area contributed by atoms with E-state index in [-0.39, 0.29) is 12.5 Å². The Labute approximate surface area is 205 Å². The molecule has 0 unspecified atom stereocenters. The maximum absolute atomic E-state index is 12.9. The minimum atomic E-state index is -0.948. The van der Waals surface area contributed by atoms with Gasteiger partial charge in [-0.05, 0) is 73.5 Å². The fourth-order valence-electron chi connectivity index (χ4n) is 4.12. The maximum atomic E-state index is 12.9. The molecule has 6 nitrogen and oxygen atoms in total. The number of rotatable bonds is 3. The summed E-state index contributed by atoms with van der Waals surface area (Å²) in [6, 6.07) is 17.5. The summed E-state index contributed by atoms with van der Waals surface area (Å²) < 4.78 is 13.5. The van der Waals surface area contributed by atoms with Crippen molar-refractivity contribution in [1.29, 1.82) is 0 Å². The molecule has 3 aromatic heterocycles. The zero-order chi connectivity index (χ0) is 23.9. The summed E-state index contributed by atoms with van der Waals surface area (Å²) in [4.78, 5) is 27.4. The number of carbonyl (C=O) groups excluding carboxylic acids is 2. The second-order valence-corrected chi connectivity index (χ2v) is 10.9. The number of amides is 1. The fraction of sp³-hybridized carbons (Fsp3) is 0.231. The lowest BCUT2D eigenvalue weighted by atomic mass is 9.87. The first-order valence-corrected chi connectivity index (χ1v) is 12.6. The number of benzene rings is 1. The Morgan fingerprint density at radius 2 is 1.76 bits per heavy atom. The van der Waals surface area contributed by atoms with Crippen molar-refractivity contribution in [3.8, 4) is 11.3 Å². The molecule has 0 saturated carbocycles. The van der Waals surface area contributed by atoms with Gasteiger partial charge in [-0.2, -0.15) is 0 Å². The number of hydrogen-bond donors (Lipinski definition) is 1. The van der Waals surface area contributed by atoms with Crippen molar-refractivity contribution in [3.05, 3.63) is 86.9 Å². The van der Waals surface area contributed by atoms with Crippen LogP contribution in [0.3, 0.4) is 0 Å². The van der Waals surface area contributed by atoms with Crippen LogP contribution in [0.1, 0.15) is 36.1 Å². The number of nitrogens with one attached hydrogen (secondary N) is 1. The summed E-state index contributed by atoms with van der Waals surface area (Å²) >= 11 is 3.16. The Kier molecular flexibility index (Phi) is 5.67. The molecule has 1 aliphatic rings. The summed E-state index contributed by atoms with van der Waals surface area (Å²) in [7, 11) is 0. The fourth-order valence-corrected chi connectivity index (χ4v) is 5.99. The van der Waals surface area contributed by atoms with E-state index in [9.17, 15) is 9.59 Å². The standard InChI is InChI=1S/C26H24N2O4S2/c1-25(2,3)32-24(30)28-12-4-7-20(28)17-10-11-19-18(15-17)26(21-8-5-13-33-21,22-9-6-14-34-22)31-16-23(29)27-19/h4-15H,16H2,1-3H3,(H,27,29). The lowest BCUT2D eigenvalue weighted by Gasteiger charge is -2.32. The summed E-state index contributed by atoms with van der Waals surface area (Å²) in [5, 5.41) is 7.00. The van der Waals surface area contributed by atoms with Crippen molar-refractivity contribution in [2.24, 2.45) is 0 Å². The molecule has 1 N–H and O–H groups in total. The predicted octanol–water partition coefficient (Wildman–Crippen LogP) is 6.32. The third kappa shape index (κ3) is 3.98. The molecule has 0 radical (unpaired) electrons. The number of hydrogen-bond acceptors (Lipinski definition) is 6. The molecule has 0 spiro atoms. The van der Waals surface area contributed by atoms with Crippen LogP contribution in [0.5, 0.6) is 0 Å². The van der Waals surface area contributed by atoms with Crippen LogP contribution < -0.4 is 5.32 Å². The first-order valence-electron chi connectivity index (χ1n) is 10.9. The average Bonchev–Trinajstić information content (AvgIpc) is 3.55. The molecular weight excluding hydrogens is 468 g/mol. The van der Waals surface area contributed by atoms with E-state index in [0.29, 0.717) is 11.4 Å². The van der Waals surface area contributed by atoms with E-state index in [0.717, 1.165) is 20.9 Å². The summed E-state index contributed by atoms with van der Waals surface area (Å²) in [5.41, 5.74) is 1.45. The molecule has 1 aromatic carbocycles. The van der Waals surface area contributed by atoms with Crippen LogP contribution in [0.25, 0.3) is 11.3 Å². The Morgan fingerprint density at radius 3 is 2.38 bits per heavy atom. The Balaban J connectivity index is 1.70. The number of anilines is 1. The molecule has 4 aromatic rings. The molecule has 8 heteroatoms. The van der Waals surface area contributed by atoms with Gasteiger partial charge in [-0.25, -0.2) is 4.79 Å². The minimum absolute atomic E-state index is 0.0753. The van der Waals surface area contributed by atoms with Gasteiger partial charge < -0.3 is 14.8 Å². The van der Waals surface area contributed by atoms with E-state index in [1.54, 1.807) is 28.9 Å². The molecule has 1 aliphatic heterocycles. The Bertz CT molecular complexity index is 1300. The third-order valence-corrected chi connectivity index (χ3v) is 7.41. The van der Waals surface area contributed by atoms with Gasteiger partial charge in [-0.15, -0.1) is 22.7 Å². The summed E-state index contributed by atoms with van der Waals surface area (Å²) in [5.74, 6) is -0.207. The first-order chi connectivity index (χ1) is 16.3. The topological polar surface area (TPSA) is 69.6 Å². The van der Waals surface area contributed by atoms with Gasteiger partial charge in [-0.1, -0.05) is 18.2 Å². The van der Waals surface area contributed by atoms with Gasteiger partial charge in [0.2, 0.25) is 5.91 Å². The lowest BCUT2D eigenvalue weighted by Crippen LogP contribution is -2.31. The molecule has 0 aliphatic carbocycles. The molecule has 1 amide bonds. The second-order valence-electron chi connectivity index (χ2n) is 8.98. The highest BCUT2D eigenvalue weighted by Crippen LogP contribution is 2.49. The summed E-state index contributed by atoms with van der Waals surface area (Å²) in [6.45, 7) is 5.45. The maximum Gasteiger partial charge on any atom is 0.418 e. The number of aromatic nitrogens is 1. The van der Waals surface area contributed by atoms with Gasteiger partial charge >= 0.3 is 6.09 Å². The van der Waals surface area contributed by atoms with E-state index in [2.05, 4.69) is 5.32 Å². The zero-order valence-electron chi connectivity index (χ0n) is 19.0. The van der Waals surface area contributed by atoms with Crippen LogP contribution in [-0.2, 0) is 19.9 Å². The van der Waals surface area contributed by atoms with Crippen LogP contribution in [0.4, 0.5) is 10.5 Å². The van der Waals surface area contributed by atoms with Crippen LogP contribution in [0, 0.1) is 0 Å². The lowest BCUT2D eigenvalue weighted by molar-refractivity contribution is -0.123. The van der Waals surface area contributed by atoms with E-state index in [1.807, 2.05) is 86.1 Å². The monoisotopic (exact) mass is 492 g/mol. The predicted molar refractivity (Wildman–Crippen MR) is 135 cm³/mol. The van der Waals surface area contributed by atoms with Crippen molar-refractivity contribution in [2.45, 2.75) is 32.0 Å². The van der Waals surface area contributed by atoms with E-state index in [4.69, 9.17) is 9.47 Å². The summed E-state index contributed by atoms with van der Waals surface area (Å²) in [6.07, 6.45) is 1.24. The molecule has 0 bridgehead atoms. The van der Waals surface area contributed by atoms with Crippen LogP contribution >= 0.6 is 22.7 Å². The number of fused-ring (bicyclic) bond motifs is 1. The number of carbonyl (C=O) groups is 2. The quantitative estimate of drug-likeness (QED) is 0.363. The highest BCUT2D eigenvalue weighted by atomic mass is 32.1. The van der Waals surface area contributed by atoms with Crippen molar-refractivity contribution < 1.29 is 19.1 Å². The number of thiophene rings is 2. The van der Waals surface area contributed by atoms with Gasteiger partial charge in [0, 0.05) is 27.2 Å². The highest BCUT2D eigenvalue weighted by Gasteiger charge is 2.44. The highest BCUT2D eigenvalue weighted by molar-refractivity contribution is 7.11. The number of ether oxygens (including phenoxy) is 2. The second kappa shape index (κ2) is 8.54. The van der Waals surface area contributed by atoms with Crippen LogP contribution in [-0.4, -0.2) is 28.8 Å². The molecule has 34 heavy (non-hydrogen) atoms. The first kappa shape index (κ1) is 22.6. The van der Waals surface area contributed by atoms with Gasteiger partial charge in [0.25, 0.3) is 0 Å². The Hall–Kier alpha value is -3.20. The molecule has 0 atom stereocenters. The molecular formula is C26H24N2O4S2. The largest absolute Gasteiger partial charge is 0.443 e. The van der Waals surface area contributed by atoms with Crippen molar-refractivity contribution >= 4 is 40.4 Å². The van der Waals surface area contributed by atoms with Gasteiger partial charge in [0.15, 0.2) is 5.60 Å². The third-order valence-electron chi connectivity index (χ3n) is 5.46. The van der Waals surface area contributed by atoms with Crippen LogP contribution in [0.2, 0.25) is 0 Å². The van der Waals surface area contributed by atoms with Gasteiger partial charge in [-0.3, -0.25) is 9.36 Å². The van der Waals surface area contributed by atoms with Gasteiger partial charge in [0.05, 0.1) is 5.69 Å². The molecule has 5 rings (SSSR count). The smallest absolute Gasteiger partial charge is 0.418 e. The molecule has 174 valence electrons. The van der Waals surface area contributed by atoms with E-state index < -0.39 is 17.3 Å². The molecule has 0 saturated heterocycles. The normalized spacial score (nSPS) is 15.3. The van der Waals surface area contributed by atoms with Crippen molar-refractivity contribution in [2.75, 3.05) is 11.9 Å². The van der Waals surface area contributed by atoms with E-state index >= 15 is 0 Å². The average molecular weight is 493 g/mol. The van der Waals surface area contributed by atoms with Crippen LogP contribution in [0.15, 0.2) is 71.6 Å².